The Morgan fingerprint density at radius 2 is 1.88 bits per heavy atom. The summed E-state index contributed by atoms with van der Waals surface area (Å²) in [5.74, 6) is -0.288. The van der Waals surface area contributed by atoms with Crippen molar-refractivity contribution >= 4 is 17.3 Å². The largest absolute Gasteiger partial charge is 0.369 e. The van der Waals surface area contributed by atoms with Gasteiger partial charge in [0.2, 0.25) is 11.9 Å². The Bertz CT molecular complexity index is 789. The Morgan fingerprint density at radius 1 is 1.08 bits per heavy atom. The fourth-order valence-electron chi connectivity index (χ4n) is 3.82. The third kappa shape index (κ3) is 3.55. The molecule has 136 valence electrons. The number of rotatable bonds is 3. The van der Waals surface area contributed by atoms with Crippen LogP contribution in [-0.4, -0.2) is 55.1 Å². The predicted octanol–water partition coefficient (Wildman–Crippen LogP) is 2.32. The highest BCUT2D eigenvalue weighted by molar-refractivity contribution is 5.96. The topological polar surface area (TPSA) is 39.7 Å². The third-order valence-corrected chi connectivity index (χ3v) is 5.22. The zero-order valence-corrected chi connectivity index (χ0v) is 14.8. The average molecular weight is 354 g/mol. The van der Waals surface area contributed by atoms with Gasteiger partial charge in [-0.1, -0.05) is 18.2 Å². The number of piperazine rings is 1. The second kappa shape index (κ2) is 7.41. The average Bonchev–Trinajstić information content (AvgIpc) is 2.68. The summed E-state index contributed by atoms with van der Waals surface area (Å²) in [5, 5.41) is 0. The third-order valence-electron chi connectivity index (χ3n) is 5.22. The number of anilines is 2. The summed E-state index contributed by atoms with van der Waals surface area (Å²) in [6.45, 7) is 4.40. The molecule has 1 aromatic carbocycles. The zero-order valence-electron chi connectivity index (χ0n) is 14.8. The maximum absolute atomic E-state index is 13.3. The predicted molar refractivity (Wildman–Crippen MR) is 100.0 cm³/mol. The van der Waals surface area contributed by atoms with Crippen LogP contribution in [0.2, 0.25) is 0 Å². The van der Waals surface area contributed by atoms with Crippen LogP contribution in [-0.2, 0) is 11.2 Å². The van der Waals surface area contributed by atoms with Gasteiger partial charge in [0.1, 0.15) is 0 Å². The molecule has 0 unspecified atom stereocenters. The molecule has 4 rings (SSSR count). The van der Waals surface area contributed by atoms with E-state index in [9.17, 15) is 9.18 Å². The van der Waals surface area contributed by atoms with E-state index in [1.54, 1.807) is 0 Å². The smallest absolute Gasteiger partial charge is 0.241 e. The Morgan fingerprint density at radius 3 is 2.69 bits per heavy atom. The van der Waals surface area contributed by atoms with Crippen molar-refractivity contribution in [2.75, 3.05) is 49.1 Å². The lowest BCUT2D eigenvalue weighted by Crippen LogP contribution is -2.50. The van der Waals surface area contributed by atoms with Gasteiger partial charge >= 0.3 is 0 Å². The van der Waals surface area contributed by atoms with Gasteiger partial charge in [0.15, 0.2) is 0 Å². The van der Waals surface area contributed by atoms with E-state index in [4.69, 9.17) is 0 Å². The van der Waals surface area contributed by atoms with Crippen molar-refractivity contribution in [3.63, 3.8) is 0 Å². The molecule has 0 saturated carbocycles. The van der Waals surface area contributed by atoms with Crippen LogP contribution < -0.4 is 9.80 Å². The maximum Gasteiger partial charge on any atom is 0.241 e. The number of hydrogen-bond acceptors (Lipinski definition) is 4. The summed E-state index contributed by atoms with van der Waals surface area (Å²) < 4.78 is 13.3. The molecule has 0 atom stereocenters. The van der Waals surface area contributed by atoms with Crippen molar-refractivity contribution in [2.24, 2.45) is 0 Å². The van der Waals surface area contributed by atoms with Crippen LogP contribution in [0, 0.1) is 5.95 Å². The van der Waals surface area contributed by atoms with Crippen molar-refractivity contribution in [3.05, 3.63) is 54.1 Å². The van der Waals surface area contributed by atoms with Crippen LogP contribution >= 0.6 is 0 Å². The number of aryl methyl sites for hydroxylation is 1. The van der Waals surface area contributed by atoms with Crippen LogP contribution in [0.4, 0.5) is 15.8 Å². The number of fused-ring (bicyclic) bond motifs is 1. The Hall–Kier alpha value is -2.47. The van der Waals surface area contributed by atoms with E-state index in [-0.39, 0.29) is 5.91 Å². The number of benzene rings is 1. The lowest BCUT2D eigenvalue weighted by Gasteiger charge is -2.37. The van der Waals surface area contributed by atoms with E-state index in [2.05, 4.69) is 20.9 Å². The van der Waals surface area contributed by atoms with Crippen molar-refractivity contribution in [1.29, 1.82) is 0 Å². The molecule has 5 nitrogen and oxygen atoms in total. The van der Waals surface area contributed by atoms with Crippen LogP contribution in [0.5, 0.6) is 0 Å². The minimum Gasteiger partial charge on any atom is -0.369 e. The van der Waals surface area contributed by atoms with Crippen molar-refractivity contribution in [1.82, 2.24) is 9.88 Å². The first-order valence-corrected chi connectivity index (χ1v) is 9.18. The Balaban J connectivity index is 1.36. The molecule has 26 heavy (non-hydrogen) atoms. The quantitative estimate of drug-likeness (QED) is 0.793. The standard InChI is InChI=1S/C20H23FN4O/c21-19-14-17(7-8-22-19)24-12-10-23(11-13-24)15-20(26)25-9-3-5-16-4-1-2-6-18(16)25/h1-2,4,6-8,14H,3,5,9-13,15H2. The summed E-state index contributed by atoms with van der Waals surface area (Å²) in [6, 6.07) is 11.5. The molecule has 3 heterocycles. The SMILES string of the molecule is O=C(CN1CCN(c2ccnc(F)c2)CC1)N1CCCc2ccccc21. The van der Waals surface area contributed by atoms with Crippen LogP contribution in [0.25, 0.3) is 0 Å². The highest BCUT2D eigenvalue weighted by Gasteiger charge is 2.25. The van der Waals surface area contributed by atoms with Gasteiger partial charge in [-0.3, -0.25) is 9.69 Å². The van der Waals surface area contributed by atoms with E-state index in [1.807, 2.05) is 29.2 Å². The van der Waals surface area contributed by atoms with Gasteiger partial charge in [0, 0.05) is 56.4 Å². The number of amides is 1. The number of para-hydroxylation sites is 1. The lowest BCUT2D eigenvalue weighted by molar-refractivity contribution is -0.119. The van der Waals surface area contributed by atoms with Crippen molar-refractivity contribution in [3.8, 4) is 0 Å². The normalized spacial score (nSPS) is 17.9. The first-order chi connectivity index (χ1) is 12.7. The molecule has 1 aromatic heterocycles. The number of hydrogen-bond donors (Lipinski definition) is 0. The molecular formula is C20H23FN4O. The first-order valence-electron chi connectivity index (χ1n) is 9.18. The Kier molecular flexibility index (Phi) is 4.84. The van der Waals surface area contributed by atoms with Crippen molar-refractivity contribution < 1.29 is 9.18 Å². The summed E-state index contributed by atoms with van der Waals surface area (Å²) in [4.78, 5) is 22.7. The molecule has 1 amide bonds. The molecule has 2 aromatic rings. The molecule has 1 saturated heterocycles. The second-order valence-electron chi connectivity index (χ2n) is 6.88. The van der Waals surface area contributed by atoms with E-state index in [1.165, 1.54) is 17.8 Å². The van der Waals surface area contributed by atoms with Gasteiger partial charge in [-0.15, -0.1) is 0 Å². The minimum atomic E-state index is -0.455. The summed E-state index contributed by atoms with van der Waals surface area (Å²) >= 11 is 0. The van der Waals surface area contributed by atoms with Crippen LogP contribution in [0.15, 0.2) is 42.6 Å². The Labute approximate surface area is 153 Å². The summed E-state index contributed by atoms with van der Waals surface area (Å²) in [6.07, 6.45) is 3.56. The van der Waals surface area contributed by atoms with Crippen molar-refractivity contribution in [2.45, 2.75) is 12.8 Å². The van der Waals surface area contributed by atoms with E-state index >= 15 is 0 Å². The molecule has 2 aliphatic rings. The maximum atomic E-state index is 13.3. The number of halogens is 1. The molecule has 0 spiro atoms. The number of pyridine rings is 1. The zero-order chi connectivity index (χ0) is 17.9. The van der Waals surface area contributed by atoms with Gasteiger partial charge in [0.05, 0.1) is 6.54 Å². The van der Waals surface area contributed by atoms with Gasteiger partial charge < -0.3 is 9.80 Å². The van der Waals surface area contributed by atoms with Gasteiger partial charge in [-0.2, -0.15) is 4.39 Å². The monoisotopic (exact) mass is 354 g/mol. The van der Waals surface area contributed by atoms with Crippen LogP contribution in [0.1, 0.15) is 12.0 Å². The fraction of sp³-hybridized carbons (Fsp3) is 0.400. The van der Waals surface area contributed by atoms with Gasteiger partial charge in [-0.25, -0.2) is 4.98 Å². The minimum absolute atomic E-state index is 0.167. The first kappa shape index (κ1) is 17.0. The highest BCUT2D eigenvalue weighted by Crippen LogP contribution is 2.27. The number of nitrogens with zero attached hydrogens (tertiary/aromatic N) is 4. The number of carbonyl (C=O) groups excluding carboxylic acids is 1. The molecule has 0 radical (unpaired) electrons. The highest BCUT2D eigenvalue weighted by atomic mass is 19.1. The molecule has 0 N–H and O–H groups in total. The summed E-state index contributed by atoms with van der Waals surface area (Å²) in [5.41, 5.74) is 3.18. The molecule has 0 aliphatic carbocycles. The van der Waals surface area contributed by atoms with Gasteiger partial charge in [-0.05, 0) is 30.5 Å². The number of aromatic nitrogens is 1. The van der Waals surface area contributed by atoms with Gasteiger partial charge in [0.25, 0.3) is 0 Å². The second-order valence-corrected chi connectivity index (χ2v) is 6.88. The van der Waals surface area contributed by atoms with E-state index in [0.29, 0.717) is 6.54 Å². The lowest BCUT2D eigenvalue weighted by atomic mass is 10.0. The molecule has 6 heteroatoms. The molecule has 1 fully saturated rings. The molecule has 2 aliphatic heterocycles. The molecular weight excluding hydrogens is 331 g/mol. The fourth-order valence-corrected chi connectivity index (χ4v) is 3.82. The number of carbonyl (C=O) groups is 1. The van der Waals surface area contributed by atoms with Crippen LogP contribution in [0.3, 0.4) is 0 Å². The van der Waals surface area contributed by atoms with E-state index in [0.717, 1.165) is 56.9 Å². The molecule has 0 bridgehead atoms. The summed E-state index contributed by atoms with van der Waals surface area (Å²) in [7, 11) is 0. The van der Waals surface area contributed by atoms with E-state index < -0.39 is 5.95 Å².